The molecule has 2 aliphatic heterocycles. The van der Waals surface area contributed by atoms with Crippen LogP contribution < -0.4 is 15.2 Å². The summed E-state index contributed by atoms with van der Waals surface area (Å²) in [7, 11) is -3.64. The Hall–Kier alpha value is -0.700. The molecule has 4 N–H and O–H groups in total. The molecule has 0 radical (unpaired) electrons. The molecule has 2 saturated heterocycles. The van der Waals surface area contributed by atoms with Gasteiger partial charge in [0.1, 0.15) is 0 Å². The normalized spacial score (nSPS) is 25.0. The van der Waals surface area contributed by atoms with Gasteiger partial charge in [0.25, 0.3) is 10.2 Å². The third-order valence-corrected chi connectivity index (χ3v) is 4.94. The number of carbonyl (C=O) groups is 1. The maximum atomic E-state index is 12.4. The molecule has 2 heterocycles. The highest BCUT2D eigenvalue weighted by atomic mass is 32.2. The number of amides is 1. The third kappa shape index (κ3) is 5.90. The van der Waals surface area contributed by atoms with Crippen LogP contribution in [0.1, 0.15) is 32.1 Å². The molecule has 1 unspecified atom stereocenters. The summed E-state index contributed by atoms with van der Waals surface area (Å²) < 4.78 is 24.2. The standard InChI is InChI=1S/C13H26N4O3S/c14-21(19,20)16-9-12-2-1-7-17(10-12)13(18)8-11-3-5-15-6-4-11/h11-12,15-16H,1-10H2,(H2,14,19,20). The van der Waals surface area contributed by atoms with Crippen molar-refractivity contribution in [3.8, 4) is 0 Å². The zero-order valence-corrected chi connectivity index (χ0v) is 13.2. The second kappa shape index (κ2) is 7.53. The highest BCUT2D eigenvalue weighted by molar-refractivity contribution is 7.87. The number of carbonyl (C=O) groups excluding carboxylic acids is 1. The van der Waals surface area contributed by atoms with E-state index in [1.807, 2.05) is 4.90 Å². The lowest BCUT2D eigenvalue weighted by molar-refractivity contribution is -0.134. The number of likely N-dealkylation sites (tertiary alicyclic amines) is 1. The highest BCUT2D eigenvalue weighted by Crippen LogP contribution is 2.21. The fraction of sp³-hybridized carbons (Fsp3) is 0.923. The van der Waals surface area contributed by atoms with E-state index in [-0.39, 0.29) is 11.8 Å². The predicted octanol–water partition coefficient (Wildman–Crippen LogP) is -0.592. The van der Waals surface area contributed by atoms with Crippen molar-refractivity contribution in [2.75, 3.05) is 32.7 Å². The molecule has 0 aromatic rings. The summed E-state index contributed by atoms with van der Waals surface area (Å²) >= 11 is 0. The Kier molecular flexibility index (Phi) is 5.98. The van der Waals surface area contributed by atoms with Gasteiger partial charge in [-0.1, -0.05) is 0 Å². The van der Waals surface area contributed by atoms with Crippen LogP contribution in [0.3, 0.4) is 0 Å². The molecule has 0 aliphatic carbocycles. The van der Waals surface area contributed by atoms with Gasteiger partial charge in [0.15, 0.2) is 0 Å². The number of hydrogen-bond donors (Lipinski definition) is 3. The molecule has 2 rings (SSSR count). The molecule has 1 atom stereocenters. The van der Waals surface area contributed by atoms with Gasteiger partial charge < -0.3 is 10.2 Å². The average Bonchev–Trinajstić information content (AvgIpc) is 2.46. The Morgan fingerprint density at radius 3 is 2.62 bits per heavy atom. The SMILES string of the molecule is NS(=O)(=O)NCC1CCCN(C(=O)CC2CCNCC2)C1. The first-order valence-corrected chi connectivity index (χ1v) is 9.24. The van der Waals surface area contributed by atoms with E-state index in [0.717, 1.165) is 45.3 Å². The fourth-order valence-corrected chi connectivity index (χ4v) is 3.62. The molecular formula is C13H26N4O3S. The Morgan fingerprint density at radius 2 is 1.95 bits per heavy atom. The van der Waals surface area contributed by atoms with E-state index in [9.17, 15) is 13.2 Å². The number of rotatable bonds is 5. The Morgan fingerprint density at radius 1 is 1.24 bits per heavy atom. The summed E-state index contributed by atoms with van der Waals surface area (Å²) in [5, 5.41) is 8.25. The highest BCUT2D eigenvalue weighted by Gasteiger charge is 2.26. The molecule has 122 valence electrons. The average molecular weight is 318 g/mol. The van der Waals surface area contributed by atoms with Gasteiger partial charge in [0, 0.05) is 26.1 Å². The van der Waals surface area contributed by atoms with Crippen LogP contribution in [0.15, 0.2) is 0 Å². The molecular weight excluding hydrogens is 292 g/mol. The molecule has 0 aromatic carbocycles. The van der Waals surface area contributed by atoms with Crippen LogP contribution in [0.25, 0.3) is 0 Å². The van der Waals surface area contributed by atoms with Crippen LogP contribution in [0.5, 0.6) is 0 Å². The van der Waals surface area contributed by atoms with Gasteiger partial charge >= 0.3 is 0 Å². The van der Waals surface area contributed by atoms with E-state index in [1.54, 1.807) is 0 Å². The summed E-state index contributed by atoms with van der Waals surface area (Å²) in [5.41, 5.74) is 0. The first-order chi connectivity index (χ1) is 9.94. The van der Waals surface area contributed by atoms with Crippen LogP contribution in [-0.2, 0) is 15.0 Å². The lowest BCUT2D eigenvalue weighted by Crippen LogP contribution is -2.45. The van der Waals surface area contributed by atoms with Crippen molar-refractivity contribution < 1.29 is 13.2 Å². The minimum atomic E-state index is -3.64. The zero-order chi connectivity index (χ0) is 15.3. The van der Waals surface area contributed by atoms with E-state index in [0.29, 0.717) is 25.4 Å². The molecule has 2 fully saturated rings. The van der Waals surface area contributed by atoms with Crippen molar-refractivity contribution in [1.82, 2.24) is 14.9 Å². The van der Waals surface area contributed by atoms with E-state index in [1.165, 1.54) is 0 Å². The number of nitrogens with zero attached hydrogens (tertiary/aromatic N) is 1. The fourth-order valence-electron chi connectivity index (χ4n) is 3.15. The molecule has 2 aliphatic rings. The Labute approximate surface area is 126 Å². The molecule has 0 spiro atoms. The Balaban J connectivity index is 1.78. The van der Waals surface area contributed by atoms with Crippen molar-refractivity contribution >= 4 is 16.1 Å². The topological polar surface area (TPSA) is 105 Å². The van der Waals surface area contributed by atoms with Crippen LogP contribution >= 0.6 is 0 Å². The summed E-state index contributed by atoms with van der Waals surface area (Å²) in [4.78, 5) is 14.2. The monoisotopic (exact) mass is 318 g/mol. The molecule has 8 heteroatoms. The van der Waals surface area contributed by atoms with E-state index in [4.69, 9.17) is 5.14 Å². The second-order valence-electron chi connectivity index (χ2n) is 6.14. The van der Waals surface area contributed by atoms with Crippen molar-refractivity contribution in [2.45, 2.75) is 32.1 Å². The van der Waals surface area contributed by atoms with Crippen LogP contribution in [0.2, 0.25) is 0 Å². The van der Waals surface area contributed by atoms with Crippen molar-refractivity contribution in [3.05, 3.63) is 0 Å². The van der Waals surface area contributed by atoms with Gasteiger partial charge in [0.2, 0.25) is 5.91 Å². The maximum absolute atomic E-state index is 12.4. The van der Waals surface area contributed by atoms with Crippen LogP contribution in [-0.4, -0.2) is 51.9 Å². The minimum Gasteiger partial charge on any atom is -0.342 e. The van der Waals surface area contributed by atoms with Gasteiger partial charge in [0.05, 0.1) is 0 Å². The maximum Gasteiger partial charge on any atom is 0.274 e. The Bertz CT molecular complexity index is 448. The number of hydrogen-bond acceptors (Lipinski definition) is 4. The van der Waals surface area contributed by atoms with Crippen molar-refractivity contribution in [2.24, 2.45) is 17.0 Å². The predicted molar refractivity (Wildman–Crippen MR) is 80.6 cm³/mol. The van der Waals surface area contributed by atoms with E-state index < -0.39 is 10.2 Å². The second-order valence-corrected chi connectivity index (χ2v) is 7.52. The zero-order valence-electron chi connectivity index (χ0n) is 12.4. The van der Waals surface area contributed by atoms with Crippen LogP contribution in [0.4, 0.5) is 0 Å². The largest absolute Gasteiger partial charge is 0.342 e. The van der Waals surface area contributed by atoms with Crippen molar-refractivity contribution in [1.29, 1.82) is 0 Å². The van der Waals surface area contributed by atoms with Crippen LogP contribution in [0, 0.1) is 11.8 Å². The molecule has 0 aromatic heterocycles. The lowest BCUT2D eigenvalue weighted by atomic mass is 9.92. The van der Waals surface area contributed by atoms with Gasteiger partial charge in [-0.15, -0.1) is 0 Å². The minimum absolute atomic E-state index is 0.161. The quantitative estimate of drug-likeness (QED) is 0.630. The van der Waals surface area contributed by atoms with E-state index >= 15 is 0 Å². The molecule has 1 amide bonds. The third-order valence-electron chi connectivity index (χ3n) is 4.37. The first kappa shape index (κ1) is 16.7. The van der Waals surface area contributed by atoms with E-state index in [2.05, 4.69) is 10.0 Å². The van der Waals surface area contributed by atoms with Gasteiger partial charge in [-0.05, 0) is 50.6 Å². The summed E-state index contributed by atoms with van der Waals surface area (Å²) in [6, 6.07) is 0. The van der Waals surface area contributed by atoms with Crippen molar-refractivity contribution in [3.63, 3.8) is 0 Å². The van der Waals surface area contributed by atoms with Gasteiger partial charge in [-0.25, -0.2) is 9.86 Å². The molecule has 0 saturated carbocycles. The number of nitrogens with two attached hydrogens (primary N) is 1. The van der Waals surface area contributed by atoms with Gasteiger partial charge in [-0.3, -0.25) is 4.79 Å². The lowest BCUT2D eigenvalue weighted by Gasteiger charge is -2.34. The smallest absolute Gasteiger partial charge is 0.274 e. The van der Waals surface area contributed by atoms with Gasteiger partial charge in [-0.2, -0.15) is 8.42 Å². The molecule has 0 bridgehead atoms. The summed E-state index contributed by atoms with van der Waals surface area (Å²) in [6.45, 7) is 3.73. The number of nitrogens with one attached hydrogen (secondary N) is 2. The number of piperidine rings is 2. The first-order valence-electron chi connectivity index (χ1n) is 7.70. The summed E-state index contributed by atoms with van der Waals surface area (Å²) in [5.74, 6) is 0.859. The summed E-state index contributed by atoms with van der Waals surface area (Å²) in [6.07, 6.45) is 4.61. The molecule has 7 nitrogen and oxygen atoms in total. The molecule has 21 heavy (non-hydrogen) atoms.